The predicted molar refractivity (Wildman–Crippen MR) is 81.2 cm³/mol. The van der Waals surface area contributed by atoms with E-state index in [1.165, 1.54) is 0 Å². The molecule has 110 valence electrons. The minimum absolute atomic E-state index is 0.0741. The average molecular weight is 286 g/mol. The van der Waals surface area contributed by atoms with E-state index in [4.69, 9.17) is 4.74 Å². The highest BCUT2D eigenvalue weighted by Crippen LogP contribution is 2.39. The van der Waals surface area contributed by atoms with Crippen molar-refractivity contribution < 1.29 is 9.53 Å². The van der Waals surface area contributed by atoms with Gasteiger partial charge in [-0.1, -0.05) is 18.9 Å². The molecule has 1 aliphatic rings. The lowest BCUT2D eigenvalue weighted by Gasteiger charge is -2.54. The van der Waals surface area contributed by atoms with E-state index in [2.05, 4.69) is 56.7 Å². The summed E-state index contributed by atoms with van der Waals surface area (Å²) >= 11 is 3.83. The number of carbonyl (C=O) groups is 1. The molecule has 1 rings (SSSR count). The molecule has 1 fully saturated rings. The average Bonchev–Trinajstić information content (AvgIpc) is 2.30. The topological polar surface area (TPSA) is 41.6 Å². The maximum Gasteiger partial charge on any atom is 0.243 e. The van der Waals surface area contributed by atoms with E-state index in [1.54, 1.807) is 6.08 Å². The summed E-state index contributed by atoms with van der Waals surface area (Å²) in [7, 11) is 0. The Bertz CT molecular complexity index is 324. The van der Waals surface area contributed by atoms with Gasteiger partial charge in [-0.3, -0.25) is 9.69 Å². The highest BCUT2D eigenvalue weighted by Gasteiger charge is 2.46. The molecule has 0 saturated carbocycles. The molecule has 0 unspecified atom stereocenters. The van der Waals surface area contributed by atoms with Crippen LogP contribution in [0.2, 0.25) is 0 Å². The highest BCUT2D eigenvalue weighted by molar-refractivity contribution is 7.78. The van der Waals surface area contributed by atoms with Crippen molar-refractivity contribution in [3.8, 4) is 0 Å². The number of hydrogen-bond donors (Lipinski definition) is 2. The van der Waals surface area contributed by atoms with Gasteiger partial charge in [0.2, 0.25) is 5.91 Å². The van der Waals surface area contributed by atoms with Gasteiger partial charge >= 0.3 is 0 Å². The van der Waals surface area contributed by atoms with Crippen molar-refractivity contribution in [1.29, 1.82) is 0 Å². The molecule has 0 aromatic carbocycles. The van der Waals surface area contributed by atoms with Crippen molar-refractivity contribution >= 4 is 18.7 Å². The van der Waals surface area contributed by atoms with Crippen LogP contribution in [-0.2, 0) is 9.53 Å². The third-order valence-electron chi connectivity index (χ3n) is 3.79. The maximum absolute atomic E-state index is 11.6. The lowest BCUT2D eigenvalue weighted by Crippen LogP contribution is -2.63. The number of rotatable bonds is 5. The number of amides is 1. The van der Waals surface area contributed by atoms with Gasteiger partial charge in [-0.15, -0.1) is 6.58 Å². The van der Waals surface area contributed by atoms with Gasteiger partial charge in [0, 0.05) is 11.1 Å². The van der Waals surface area contributed by atoms with E-state index in [0.717, 1.165) is 12.8 Å². The number of nitrogens with one attached hydrogen (secondary N) is 1. The minimum Gasteiger partial charge on any atom is -0.374 e. The van der Waals surface area contributed by atoms with Gasteiger partial charge in [-0.05, 0) is 40.5 Å². The third kappa shape index (κ3) is 4.23. The van der Waals surface area contributed by atoms with E-state index in [9.17, 15) is 4.79 Å². The zero-order valence-electron chi connectivity index (χ0n) is 12.4. The molecule has 1 heterocycles. The van der Waals surface area contributed by atoms with Gasteiger partial charge in [-0.2, -0.15) is 0 Å². The van der Waals surface area contributed by atoms with Crippen LogP contribution in [0.4, 0.5) is 0 Å². The normalized spacial score (nSPS) is 23.0. The Hall–Kier alpha value is -0.520. The van der Waals surface area contributed by atoms with Crippen LogP contribution in [-0.4, -0.2) is 41.1 Å². The van der Waals surface area contributed by atoms with Crippen LogP contribution >= 0.6 is 12.8 Å². The Morgan fingerprint density at radius 1 is 1.42 bits per heavy atom. The van der Waals surface area contributed by atoms with Crippen LogP contribution in [0, 0.1) is 0 Å². The van der Waals surface area contributed by atoms with E-state index in [1.807, 2.05) is 0 Å². The number of likely N-dealkylation sites (tertiary alicyclic amines) is 1. The van der Waals surface area contributed by atoms with Crippen LogP contribution in [0.1, 0.15) is 40.5 Å². The molecule has 0 radical (unpaired) electrons. The summed E-state index contributed by atoms with van der Waals surface area (Å²) in [5.41, 5.74) is -0.179. The molecule has 4 nitrogen and oxygen atoms in total. The van der Waals surface area contributed by atoms with Crippen molar-refractivity contribution in [1.82, 2.24) is 9.62 Å². The fourth-order valence-electron chi connectivity index (χ4n) is 3.16. The summed E-state index contributed by atoms with van der Waals surface area (Å²) in [6.45, 7) is 13.2. The quantitative estimate of drug-likeness (QED) is 0.601. The SMILES string of the molecule is C=CCOC1CC(C)(C)N(CC(=O)NS)C(C)(C)C1. The molecule has 0 bridgehead atoms. The van der Waals surface area contributed by atoms with Crippen molar-refractivity contribution in [2.75, 3.05) is 13.2 Å². The molecule has 1 saturated heterocycles. The second-order valence-corrected chi connectivity index (χ2v) is 6.62. The zero-order chi connectivity index (χ0) is 14.7. The first-order valence-electron chi connectivity index (χ1n) is 6.66. The van der Waals surface area contributed by atoms with Gasteiger partial charge in [0.15, 0.2) is 0 Å². The zero-order valence-corrected chi connectivity index (χ0v) is 13.3. The largest absolute Gasteiger partial charge is 0.374 e. The van der Waals surface area contributed by atoms with E-state index in [0.29, 0.717) is 13.2 Å². The predicted octanol–water partition coefficient (Wildman–Crippen LogP) is 2.17. The summed E-state index contributed by atoms with van der Waals surface area (Å²) in [4.78, 5) is 13.9. The molecule has 19 heavy (non-hydrogen) atoms. The number of nitrogens with zero attached hydrogens (tertiary/aromatic N) is 1. The number of hydrogen-bond acceptors (Lipinski definition) is 4. The number of ether oxygens (including phenoxy) is 1. The molecule has 1 N–H and O–H groups in total. The van der Waals surface area contributed by atoms with Crippen molar-refractivity contribution in [2.45, 2.75) is 57.7 Å². The van der Waals surface area contributed by atoms with Crippen LogP contribution < -0.4 is 4.72 Å². The molecule has 1 aliphatic heterocycles. The Labute approximate surface area is 122 Å². The summed E-state index contributed by atoms with van der Waals surface area (Å²) in [5, 5.41) is 0. The molecule has 0 atom stereocenters. The molecule has 0 spiro atoms. The summed E-state index contributed by atoms with van der Waals surface area (Å²) in [6, 6.07) is 0. The first kappa shape index (κ1) is 16.5. The second kappa shape index (κ2) is 6.29. The summed E-state index contributed by atoms with van der Waals surface area (Å²) in [6.07, 6.45) is 3.80. The van der Waals surface area contributed by atoms with Gasteiger partial charge in [0.25, 0.3) is 0 Å². The lowest BCUT2D eigenvalue weighted by molar-refractivity contribution is -0.133. The Morgan fingerprint density at radius 3 is 2.37 bits per heavy atom. The third-order valence-corrected chi connectivity index (χ3v) is 4.04. The van der Waals surface area contributed by atoms with Crippen LogP contribution in [0.25, 0.3) is 0 Å². The van der Waals surface area contributed by atoms with Gasteiger partial charge in [0.05, 0.1) is 19.3 Å². The molecule has 0 aromatic heterocycles. The molecule has 0 aromatic rings. The Morgan fingerprint density at radius 2 is 1.95 bits per heavy atom. The number of piperidine rings is 1. The first-order valence-corrected chi connectivity index (χ1v) is 7.11. The van der Waals surface area contributed by atoms with Crippen LogP contribution in [0.5, 0.6) is 0 Å². The van der Waals surface area contributed by atoms with Crippen LogP contribution in [0.3, 0.4) is 0 Å². The lowest BCUT2D eigenvalue weighted by atomic mass is 9.78. The molecular formula is C14H26N2O2S. The standard InChI is InChI=1S/C14H26N2O2S/c1-6-7-18-11-8-13(2,3)16(10-12(17)15-19)14(4,5)9-11/h6,11,19H,1,7-10H2,2-5H3,(H,15,17). The summed E-state index contributed by atoms with van der Waals surface area (Å²) < 4.78 is 8.23. The van der Waals surface area contributed by atoms with Crippen molar-refractivity contribution in [3.05, 3.63) is 12.7 Å². The fraction of sp³-hybridized carbons (Fsp3) is 0.786. The minimum atomic E-state index is -0.0894. The number of carbonyl (C=O) groups excluding carboxylic acids is 1. The molecule has 1 amide bonds. The monoisotopic (exact) mass is 286 g/mol. The van der Waals surface area contributed by atoms with E-state index in [-0.39, 0.29) is 23.1 Å². The van der Waals surface area contributed by atoms with Gasteiger partial charge in [0.1, 0.15) is 0 Å². The number of thiol groups is 1. The molecule has 5 heteroatoms. The fourth-order valence-corrected chi connectivity index (χ4v) is 3.23. The highest BCUT2D eigenvalue weighted by atomic mass is 32.1. The van der Waals surface area contributed by atoms with Gasteiger partial charge < -0.3 is 9.46 Å². The molecule has 0 aliphatic carbocycles. The maximum atomic E-state index is 11.6. The smallest absolute Gasteiger partial charge is 0.243 e. The van der Waals surface area contributed by atoms with Crippen molar-refractivity contribution in [3.63, 3.8) is 0 Å². The van der Waals surface area contributed by atoms with E-state index >= 15 is 0 Å². The Balaban J connectivity index is 2.83. The summed E-state index contributed by atoms with van der Waals surface area (Å²) in [5.74, 6) is -0.0741. The second-order valence-electron chi connectivity index (χ2n) is 6.40. The Kier molecular flexibility index (Phi) is 5.47. The van der Waals surface area contributed by atoms with Gasteiger partial charge in [-0.25, -0.2) is 0 Å². The van der Waals surface area contributed by atoms with Crippen molar-refractivity contribution in [2.24, 2.45) is 0 Å². The molecular weight excluding hydrogens is 260 g/mol. The van der Waals surface area contributed by atoms with E-state index < -0.39 is 0 Å². The van der Waals surface area contributed by atoms with Crippen LogP contribution in [0.15, 0.2) is 12.7 Å². The first-order chi connectivity index (χ1) is 8.73.